The van der Waals surface area contributed by atoms with Gasteiger partial charge in [0.1, 0.15) is 0 Å². The average Bonchev–Trinajstić information content (AvgIpc) is 2.29. The number of para-hydroxylation sites is 1. The summed E-state index contributed by atoms with van der Waals surface area (Å²) in [6, 6.07) is 8.09. The van der Waals surface area contributed by atoms with Gasteiger partial charge in [-0.3, -0.25) is 5.43 Å². The molecular weight excluding hydrogens is 148 g/mol. The fourth-order valence-electron chi connectivity index (χ4n) is 1.14. The Morgan fingerprint density at radius 1 is 1.17 bits per heavy atom. The van der Waals surface area contributed by atoms with Gasteiger partial charge in [-0.05, 0) is 24.6 Å². The third-order valence-electron chi connectivity index (χ3n) is 1.82. The van der Waals surface area contributed by atoms with E-state index in [2.05, 4.69) is 22.7 Å². The van der Waals surface area contributed by atoms with Gasteiger partial charge in [0.05, 0.1) is 11.4 Å². The molecule has 0 amide bonds. The molecule has 60 valence electrons. The first-order valence-electron chi connectivity index (χ1n) is 3.94. The van der Waals surface area contributed by atoms with Crippen molar-refractivity contribution in [3.63, 3.8) is 0 Å². The molecule has 0 saturated carbocycles. The summed E-state index contributed by atoms with van der Waals surface area (Å²) in [6.45, 7) is 1.97. The van der Waals surface area contributed by atoms with Crippen molar-refractivity contribution in [3.8, 4) is 0 Å². The van der Waals surface area contributed by atoms with E-state index in [9.17, 15) is 0 Å². The molecule has 1 heterocycles. The number of hydrogen-bond acceptors (Lipinski definition) is 2. The van der Waals surface area contributed by atoms with E-state index >= 15 is 0 Å². The van der Waals surface area contributed by atoms with Crippen LogP contribution in [0.3, 0.4) is 0 Å². The molecule has 0 aliphatic carbocycles. The van der Waals surface area contributed by atoms with Crippen LogP contribution in [0.25, 0.3) is 6.08 Å². The summed E-state index contributed by atoms with van der Waals surface area (Å²) in [7, 11) is 0. The summed E-state index contributed by atoms with van der Waals surface area (Å²) in [6.07, 6.45) is 4.06. The molecule has 0 spiro atoms. The van der Waals surface area contributed by atoms with Gasteiger partial charge in [-0.25, -0.2) is 0 Å². The Morgan fingerprint density at radius 2 is 2.00 bits per heavy atom. The number of anilines is 1. The Bertz CT molecular complexity index is 351. The lowest BCUT2D eigenvalue weighted by Crippen LogP contribution is -1.91. The van der Waals surface area contributed by atoms with Crippen molar-refractivity contribution in [1.82, 2.24) is 0 Å². The molecule has 1 N–H and O–H groups in total. The quantitative estimate of drug-likeness (QED) is 0.616. The minimum Gasteiger partial charge on any atom is -0.278 e. The van der Waals surface area contributed by atoms with Crippen LogP contribution in [0.2, 0.25) is 0 Å². The zero-order valence-corrected chi connectivity index (χ0v) is 6.91. The van der Waals surface area contributed by atoms with Crippen molar-refractivity contribution < 1.29 is 0 Å². The standard InChI is InChI=1S/C10H10N2/c1-8-6-7-9-4-2-3-5-10(9)12-11-8/h2-7,12H,1H3. The van der Waals surface area contributed by atoms with Gasteiger partial charge in [-0.2, -0.15) is 5.10 Å². The number of nitrogens with one attached hydrogen (secondary N) is 1. The highest BCUT2D eigenvalue weighted by Gasteiger charge is 1.99. The lowest BCUT2D eigenvalue weighted by molar-refractivity contribution is 1.33. The maximum absolute atomic E-state index is 4.14. The summed E-state index contributed by atoms with van der Waals surface area (Å²) in [5.74, 6) is 0. The SMILES string of the molecule is CC1=NNc2ccccc2C=C1. The van der Waals surface area contributed by atoms with Gasteiger partial charge in [-0.15, -0.1) is 0 Å². The van der Waals surface area contributed by atoms with Crippen LogP contribution in [0.15, 0.2) is 35.4 Å². The van der Waals surface area contributed by atoms with Crippen LogP contribution in [0, 0.1) is 0 Å². The fourth-order valence-corrected chi connectivity index (χ4v) is 1.14. The Balaban J connectivity index is 2.48. The van der Waals surface area contributed by atoms with Crippen molar-refractivity contribution in [3.05, 3.63) is 35.9 Å². The molecule has 0 bridgehead atoms. The summed E-state index contributed by atoms with van der Waals surface area (Å²) >= 11 is 0. The predicted molar refractivity (Wildman–Crippen MR) is 52.2 cm³/mol. The van der Waals surface area contributed by atoms with E-state index in [1.807, 2.05) is 31.2 Å². The Morgan fingerprint density at radius 3 is 2.92 bits per heavy atom. The zero-order valence-electron chi connectivity index (χ0n) is 6.91. The van der Waals surface area contributed by atoms with Crippen molar-refractivity contribution >= 4 is 17.5 Å². The zero-order chi connectivity index (χ0) is 8.39. The number of rotatable bonds is 0. The highest BCUT2D eigenvalue weighted by Crippen LogP contribution is 2.18. The lowest BCUT2D eigenvalue weighted by atomic mass is 10.1. The van der Waals surface area contributed by atoms with E-state index in [1.54, 1.807) is 0 Å². The molecule has 0 fully saturated rings. The maximum Gasteiger partial charge on any atom is 0.0634 e. The maximum atomic E-state index is 4.14. The van der Waals surface area contributed by atoms with Crippen LogP contribution in [0.5, 0.6) is 0 Å². The minimum atomic E-state index is 0.992. The van der Waals surface area contributed by atoms with Gasteiger partial charge in [-0.1, -0.05) is 24.3 Å². The number of nitrogens with zero attached hydrogens (tertiary/aromatic N) is 1. The van der Waals surface area contributed by atoms with Gasteiger partial charge < -0.3 is 0 Å². The van der Waals surface area contributed by atoms with E-state index in [0.717, 1.165) is 11.4 Å². The smallest absolute Gasteiger partial charge is 0.0634 e. The normalized spacial score (nSPS) is 14.2. The first-order valence-corrected chi connectivity index (χ1v) is 3.94. The van der Waals surface area contributed by atoms with E-state index in [4.69, 9.17) is 0 Å². The van der Waals surface area contributed by atoms with Gasteiger partial charge in [0.2, 0.25) is 0 Å². The summed E-state index contributed by atoms with van der Waals surface area (Å²) in [5.41, 5.74) is 6.23. The third kappa shape index (κ3) is 1.23. The van der Waals surface area contributed by atoms with Crippen LogP contribution < -0.4 is 5.43 Å². The second kappa shape index (κ2) is 2.81. The molecule has 0 saturated heterocycles. The molecule has 2 rings (SSSR count). The first kappa shape index (κ1) is 7.10. The van der Waals surface area contributed by atoms with Gasteiger partial charge in [0, 0.05) is 0 Å². The number of hydrazone groups is 1. The topological polar surface area (TPSA) is 24.4 Å². The average molecular weight is 158 g/mol. The molecule has 2 heteroatoms. The van der Waals surface area contributed by atoms with Crippen LogP contribution >= 0.6 is 0 Å². The third-order valence-corrected chi connectivity index (χ3v) is 1.82. The van der Waals surface area contributed by atoms with Gasteiger partial charge >= 0.3 is 0 Å². The first-order chi connectivity index (χ1) is 5.86. The van der Waals surface area contributed by atoms with Crippen LogP contribution in [0.4, 0.5) is 5.69 Å². The number of fused-ring (bicyclic) bond motifs is 1. The number of benzene rings is 1. The molecule has 1 aliphatic heterocycles. The summed E-state index contributed by atoms with van der Waals surface area (Å²) in [5, 5.41) is 4.14. The Labute approximate surface area is 71.6 Å². The van der Waals surface area contributed by atoms with E-state index in [0.29, 0.717) is 0 Å². The van der Waals surface area contributed by atoms with Gasteiger partial charge in [0.15, 0.2) is 0 Å². The van der Waals surface area contributed by atoms with Crippen molar-refractivity contribution in [2.75, 3.05) is 5.43 Å². The van der Waals surface area contributed by atoms with E-state index in [1.165, 1.54) is 5.56 Å². The molecular formula is C10H10N2. The number of allylic oxidation sites excluding steroid dienone is 1. The van der Waals surface area contributed by atoms with Crippen LogP contribution in [0.1, 0.15) is 12.5 Å². The second-order valence-corrected chi connectivity index (χ2v) is 2.79. The molecule has 0 radical (unpaired) electrons. The number of hydrogen-bond donors (Lipinski definition) is 1. The summed E-state index contributed by atoms with van der Waals surface area (Å²) in [4.78, 5) is 0. The van der Waals surface area contributed by atoms with Crippen LogP contribution in [-0.4, -0.2) is 5.71 Å². The largest absolute Gasteiger partial charge is 0.278 e. The van der Waals surface area contributed by atoms with Gasteiger partial charge in [0.25, 0.3) is 0 Å². The Hall–Kier alpha value is -1.57. The monoisotopic (exact) mass is 158 g/mol. The van der Waals surface area contributed by atoms with Crippen molar-refractivity contribution in [1.29, 1.82) is 0 Å². The van der Waals surface area contributed by atoms with Crippen molar-refractivity contribution in [2.24, 2.45) is 5.10 Å². The highest BCUT2D eigenvalue weighted by atomic mass is 15.3. The van der Waals surface area contributed by atoms with Crippen LogP contribution in [-0.2, 0) is 0 Å². The lowest BCUT2D eigenvalue weighted by Gasteiger charge is -2.01. The molecule has 0 aromatic heterocycles. The minimum absolute atomic E-state index is 0.992. The Kier molecular flexibility index (Phi) is 1.67. The molecule has 1 aromatic rings. The van der Waals surface area contributed by atoms with E-state index in [-0.39, 0.29) is 0 Å². The highest BCUT2D eigenvalue weighted by molar-refractivity contribution is 5.98. The second-order valence-electron chi connectivity index (χ2n) is 2.79. The molecule has 0 atom stereocenters. The molecule has 2 nitrogen and oxygen atoms in total. The molecule has 12 heavy (non-hydrogen) atoms. The molecule has 1 aliphatic rings. The fraction of sp³-hybridized carbons (Fsp3) is 0.100. The molecule has 0 unspecified atom stereocenters. The predicted octanol–water partition coefficient (Wildman–Crippen LogP) is 2.50. The van der Waals surface area contributed by atoms with Crippen molar-refractivity contribution in [2.45, 2.75) is 6.92 Å². The summed E-state index contributed by atoms with van der Waals surface area (Å²) < 4.78 is 0. The van der Waals surface area contributed by atoms with E-state index < -0.39 is 0 Å². The molecule has 1 aromatic carbocycles.